The molecule has 6 aromatic rings. The van der Waals surface area contributed by atoms with Crippen molar-refractivity contribution >= 4 is 70.0 Å². The summed E-state index contributed by atoms with van der Waals surface area (Å²) in [4.78, 5) is 69.2. The van der Waals surface area contributed by atoms with Crippen molar-refractivity contribution in [2.24, 2.45) is 0 Å². The summed E-state index contributed by atoms with van der Waals surface area (Å²) in [5, 5.41) is 53.5. The molecule has 2 aromatic carbocycles. The normalized spacial score (nSPS) is 10.6. The number of aryl methyl sites for hydroxylation is 2. The van der Waals surface area contributed by atoms with Gasteiger partial charge in [0.2, 0.25) is 11.9 Å². The van der Waals surface area contributed by atoms with Crippen LogP contribution in [0.25, 0.3) is 22.5 Å². The molecule has 0 saturated heterocycles. The van der Waals surface area contributed by atoms with Gasteiger partial charge in [-0.05, 0) is 55.3 Å². The Morgan fingerprint density at radius 1 is 0.635 bits per heavy atom. The molecule has 0 radical (unpaired) electrons. The van der Waals surface area contributed by atoms with Crippen molar-refractivity contribution < 1.29 is 34.0 Å². The molecule has 0 fully saturated rings. The molecule has 0 atom stereocenters. The lowest BCUT2D eigenvalue weighted by Gasteiger charge is -2.14. The SMILES string of the molecule is CCc1nc(NCCNc2ccc([N+](=O)[O-])cn2)nc(-c2cc(Cl)cc(Cl)c2)c1C(=O)O.CCc1nc(NCCNc2ccc([N+](=O)[O-])cn2)nc(-c2cccc(F)c2)c1C(=O)O. The summed E-state index contributed by atoms with van der Waals surface area (Å²) in [7, 11) is 0. The van der Waals surface area contributed by atoms with Gasteiger partial charge in [0, 0.05) is 59.5 Å². The van der Waals surface area contributed by atoms with E-state index in [0.717, 1.165) is 6.20 Å². The van der Waals surface area contributed by atoms with E-state index in [1.807, 2.05) is 0 Å². The third-order valence-corrected chi connectivity index (χ3v) is 9.08. The van der Waals surface area contributed by atoms with E-state index in [0.29, 0.717) is 83.2 Å². The van der Waals surface area contributed by atoms with Gasteiger partial charge in [0.25, 0.3) is 11.4 Å². The summed E-state index contributed by atoms with van der Waals surface area (Å²) >= 11 is 12.2. The number of nitrogens with one attached hydrogen (secondary N) is 4. The van der Waals surface area contributed by atoms with Gasteiger partial charge in [-0.15, -0.1) is 0 Å². The van der Waals surface area contributed by atoms with Gasteiger partial charge in [0.05, 0.1) is 32.6 Å². The first-order valence-corrected chi connectivity index (χ1v) is 19.6. The molecule has 0 spiro atoms. The molecule has 0 aliphatic heterocycles. The molecule has 0 unspecified atom stereocenters. The first-order chi connectivity index (χ1) is 30.2. The van der Waals surface area contributed by atoms with E-state index in [2.05, 4.69) is 51.2 Å². The molecule has 0 bridgehead atoms. The van der Waals surface area contributed by atoms with Gasteiger partial charge in [-0.25, -0.2) is 43.9 Å². The summed E-state index contributed by atoms with van der Waals surface area (Å²) in [5.74, 6) is -1.44. The average Bonchev–Trinajstić information content (AvgIpc) is 3.26. The Morgan fingerprint density at radius 3 is 1.46 bits per heavy atom. The van der Waals surface area contributed by atoms with Crippen LogP contribution in [0.1, 0.15) is 46.0 Å². The summed E-state index contributed by atoms with van der Waals surface area (Å²) in [5.41, 5.74) is 1.57. The van der Waals surface area contributed by atoms with Gasteiger partial charge in [0.15, 0.2) is 0 Å². The Kier molecular flexibility index (Phi) is 16.0. The van der Waals surface area contributed by atoms with Crippen LogP contribution in [0.2, 0.25) is 10.0 Å². The smallest absolute Gasteiger partial charge is 0.339 e. The second kappa shape index (κ2) is 21.7. The van der Waals surface area contributed by atoms with Crippen LogP contribution in [-0.2, 0) is 12.8 Å². The summed E-state index contributed by atoms with van der Waals surface area (Å²) in [6, 6.07) is 16.0. The van der Waals surface area contributed by atoms with Crippen molar-refractivity contribution in [3.8, 4) is 22.5 Å². The Labute approximate surface area is 367 Å². The van der Waals surface area contributed by atoms with Crippen LogP contribution >= 0.6 is 23.2 Å². The Balaban J connectivity index is 0.000000238. The number of pyridine rings is 2. The Hall–Kier alpha value is -7.65. The van der Waals surface area contributed by atoms with Gasteiger partial charge in [0.1, 0.15) is 41.0 Å². The zero-order valence-corrected chi connectivity index (χ0v) is 34.8. The fraction of sp³-hybridized carbons (Fsp3) is 0.200. The van der Waals surface area contributed by atoms with Gasteiger partial charge in [-0.1, -0.05) is 49.2 Å². The minimum Gasteiger partial charge on any atom is -0.478 e. The molecule has 23 heteroatoms. The third-order valence-electron chi connectivity index (χ3n) is 8.65. The highest BCUT2D eigenvalue weighted by atomic mass is 35.5. The van der Waals surface area contributed by atoms with Crippen molar-refractivity contribution in [1.82, 2.24) is 29.9 Å². The van der Waals surface area contributed by atoms with E-state index in [-0.39, 0.29) is 45.8 Å². The molecule has 4 heterocycles. The maximum atomic E-state index is 13.7. The van der Waals surface area contributed by atoms with Crippen molar-refractivity contribution in [2.75, 3.05) is 47.4 Å². The standard InChI is InChI=1S/C20H18Cl2N6O4.C20H19FN6O4/c1-2-15-17(19(29)30)18(11-7-12(21)9-13(22)8-11)27-20(26-15)24-6-5-23-16-4-3-14(10-25-16)28(31)32;1-2-15-17(19(28)29)18(12-4-3-5-13(21)10-12)26-20(25-15)23-9-8-22-16-7-6-14(11-24-16)27(30)31/h3-4,7-10H,2,5-6H2,1H3,(H,23,25)(H,29,30)(H,24,26,27);3-7,10-11H,2,8-9H2,1H3,(H,22,24)(H,28,29)(H,23,25,26). The summed E-state index contributed by atoms with van der Waals surface area (Å²) in [6.07, 6.45) is 3.05. The minimum atomic E-state index is -1.19. The molecular weight excluding hydrogens is 866 g/mol. The lowest BCUT2D eigenvalue weighted by molar-refractivity contribution is -0.385. The number of rotatable bonds is 18. The van der Waals surface area contributed by atoms with Crippen LogP contribution in [0.3, 0.4) is 0 Å². The highest BCUT2D eigenvalue weighted by Gasteiger charge is 2.23. The van der Waals surface area contributed by atoms with E-state index in [9.17, 15) is 44.4 Å². The van der Waals surface area contributed by atoms with Crippen LogP contribution in [-0.4, -0.2) is 88.1 Å². The molecule has 326 valence electrons. The lowest BCUT2D eigenvalue weighted by atomic mass is 10.0. The highest BCUT2D eigenvalue weighted by molar-refractivity contribution is 6.35. The number of carbonyl (C=O) groups is 2. The monoisotopic (exact) mass is 902 g/mol. The van der Waals surface area contributed by atoms with Crippen molar-refractivity contribution in [3.05, 3.63) is 138 Å². The number of nitrogens with zero attached hydrogens (tertiary/aromatic N) is 8. The minimum absolute atomic E-state index is 0.00964. The van der Waals surface area contributed by atoms with Crippen molar-refractivity contribution in [3.63, 3.8) is 0 Å². The molecule has 6 rings (SSSR count). The van der Waals surface area contributed by atoms with Crippen LogP contribution < -0.4 is 21.3 Å². The number of hydrogen-bond acceptors (Lipinski definition) is 16. The van der Waals surface area contributed by atoms with Crippen LogP contribution in [0.5, 0.6) is 0 Å². The van der Waals surface area contributed by atoms with Gasteiger partial charge in [-0.3, -0.25) is 20.2 Å². The predicted octanol–water partition coefficient (Wildman–Crippen LogP) is 7.91. The fourth-order valence-electron chi connectivity index (χ4n) is 5.80. The fourth-order valence-corrected chi connectivity index (χ4v) is 6.33. The first-order valence-electron chi connectivity index (χ1n) is 18.8. The topological polar surface area (TPSA) is 286 Å². The number of benzene rings is 2. The lowest BCUT2D eigenvalue weighted by Crippen LogP contribution is -2.18. The second-order valence-corrected chi connectivity index (χ2v) is 13.8. The maximum absolute atomic E-state index is 13.7. The molecule has 0 aliphatic carbocycles. The number of aromatic carboxylic acids is 2. The van der Waals surface area contributed by atoms with E-state index >= 15 is 0 Å². The van der Waals surface area contributed by atoms with E-state index in [1.54, 1.807) is 38.1 Å². The summed E-state index contributed by atoms with van der Waals surface area (Å²) in [6.45, 7) is 5.12. The van der Waals surface area contributed by atoms with E-state index < -0.39 is 27.6 Å². The first kappa shape index (κ1) is 46.4. The zero-order chi connectivity index (χ0) is 45.6. The third kappa shape index (κ3) is 12.7. The molecule has 0 saturated carbocycles. The molecule has 0 aliphatic rings. The van der Waals surface area contributed by atoms with Crippen LogP contribution in [0.4, 0.5) is 39.3 Å². The number of nitro groups is 2. The number of carboxylic acid groups (broad SMARTS) is 2. The van der Waals surface area contributed by atoms with Crippen LogP contribution in [0.15, 0.2) is 79.1 Å². The average molecular weight is 904 g/mol. The number of anilines is 4. The Morgan fingerprint density at radius 2 is 1.08 bits per heavy atom. The van der Waals surface area contributed by atoms with Crippen molar-refractivity contribution in [1.29, 1.82) is 0 Å². The molecular formula is C40H37Cl2FN12O8. The second-order valence-electron chi connectivity index (χ2n) is 12.9. The molecule has 4 aromatic heterocycles. The highest BCUT2D eigenvalue weighted by Crippen LogP contribution is 2.31. The van der Waals surface area contributed by atoms with E-state index in [1.165, 1.54) is 48.7 Å². The number of carboxylic acids is 2. The largest absolute Gasteiger partial charge is 0.478 e. The van der Waals surface area contributed by atoms with Crippen molar-refractivity contribution in [2.45, 2.75) is 26.7 Å². The number of halogens is 3. The molecule has 63 heavy (non-hydrogen) atoms. The number of hydrogen-bond donors (Lipinski definition) is 6. The molecule has 6 N–H and O–H groups in total. The van der Waals surface area contributed by atoms with Gasteiger partial charge >= 0.3 is 11.9 Å². The summed E-state index contributed by atoms with van der Waals surface area (Å²) < 4.78 is 13.7. The molecule has 0 amide bonds. The van der Waals surface area contributed by atoms with E-state index in [4.69, 9.17) is 23.2 Å². The van der Waals surface area contributed by atoms with Crippen LogP contribution in [0, 0.1) is 26.0 Å². The van der Waals surface area contributed by atoms with Gasteiger partial charge < -0.3 is 31.5 Å². The maximum Gasteiger partial charge on any atom is 0.339 e. The zero-order valence-electron chi connectivity index (χ0n) is 33.3. The number of aromatic nitrogens is 6. The Bertz CT molecular complexity index is 2610. The quantitative estimate of drug-likeness (QED) is 0.0271. The predicted molar refractivity (Wildman–Crippen MR) is 233 cm³/mol. The van der Waals surface area contributed by atoms with Gasteiger partial charge in [-0.2, -0.15) is 0 Å². The molecule has 20 nitrogen and oxygen atoms in total.